The molecule has 0 saturated carbocycles. The number of halogens is 3. The number of fused-ring (bicyclic) bond motifs is 1. The predicted octanol–water partition coefficient (Wildman–Crippen LogP) is 3.59. The van der Waals surface area contributed by atoms with Crippen LogP contribution >= 0.6 is 0 Å². The van der Waals surface area contributed by atoms with Gasteiger partial charge in [-0.05, 0) is 29.8 Å². The Morgan fingerprint density at radius 1 is 1.12 bits per heavy atom. The molecule has 3 rings (SSSR count). The third-order valence-electron chi connectivity index (χ3n) is 4.15. The summed E-state index contributed by atoms with van der Waals surface area (Å²) in [5, 5.41) is 11.8. The molecule has 25 heavy (non-hydrogen) atoms. The maximum atomic E-state index is 12.6. The van der Waals surface area contributed by atoms with E-state index in [4.69, 9.17) is 0 Å². The second-order valence-electron chi connectivity index (χ2n) is 5.71. The van der Waals surface area contributed by atoms with Crippen LogP contribution in [0.3, 0.4) is 0 Å². The van der Waals surface area contributed by atoms with Crippen molar-refractivity contribution in [1.82, 2.24) is 0 Å². The maximum Gasteiger partial charge on any atom is 0.416 e. The number of amides is 1. The number of nitriles is 1. The number of nitrogens with one attached hydrogen (secondary N) is 1. The average Bonchev–Trinajstić information content (AvgIpc) is 2.88. The first-order valence-electron chi connectivity index (χ1n) is 7.30. The fourth-order valence-electron chi connectivity index (χ4n) is 2.80. The summed E-state index contributed by atoms with van der Waals surface area (Å²) in [6, 6.07) is 12.1. The molecule has 0 saturated heterocycles. The van der Waals surface area contributed by atoms with E-state index < -0.39 is 28.8 Å². The van der Waals surface area contributed by atoms with Crippen LogP contribution in [0.5, 0.6) is 0 Å². The van der Waals surface area contributed by atoms with E-state index in [0.717, 1.165) is 24.3 Å². The molecule has 1 atom stereocenters. The standard InChI is InChI=1S/C18H11F3N2O2/c19-18(20,21)12-5-7-13(8-6-12)23-16(25)17(10-22)9-11-3-1-2-4-14(11)15(17)24/h1-8H,9H2,(H,23,25)/t17-/m1/s1. The number of hydrogen-bond acceptors (Lipinski definition) is 3. The molecule has 0 bridgehead atoms. The highest BCUT2D eigenvalue weighted by Gasteiger charge is 2.52. The van der Waals surface area contributed by atoms with E-state index in [0.29, 0.717) is 11.1 Å². The Balaban J connectivity index is 1.86. The molecule has 1 aliphatic carbocycles. The minimum Gasteiger partial charge on any atom is -0.324 e. The van der Waals surface area contributed by atoms with Crippen molar-refractivity contribution in [3.05, 3.63) is 65.2 Å². The monoisotopic (exact) mass is 344 g/mol. The third kappa shape index (κ3) is 2.76. The van der Waals surface area contributed by atoms with E-state index in [-0.39, 0.29) is 12.1 Å². The second kappa shape index (κ2) is 5.74. The highest BCUT2D eigenvalue weighted by molar-refractivity contribution is 6.22. The third-order valence-corrected chi connectivity index (χ3v) is 4.15. The van der Waals surface area contributed by atoms with Crippen LogP contribution in [0, 0.1) is 16.7 Å². The number of alkyl halides is 3. The first-order chi connectivity index (χ1) is 11.8. The van der Waals surface area contributed by atoms with Crippen molar-refractivity contribution in [2.75, 3.05) is 5.32 Å². The van der Waals surface area contributed by atoms with Crippen LogP contribution < -0.4 is 5.32 Å². The minimum absolute atomic E-state index is 0.0645. The van der Waals surface area contributed by atoms with Crippen molar-refractivity contribution in [2.45, 2.75) is 12.6 Å². The first-order valence-corrected chi connectivity index (χ1v) is 7.30. The van der Waals surface area contributed by atoms with Crippen molar-refractivity contribution in [3.8, 4) is 6.07 Å². The molecule has 0 spiro atoms. The van der Waals surface area contributed by atoms with Gasteiger partial charge in [0, 0.05) is 17.7 Å². The Kier molecular flexibility index (Phi) is 3.84. The summed E-state index contributed by atoms with van der Waals surface area (Å²) in [5.41, 5.74) is -1.78. The lowest BCUT2D eigenvalue weighted by Crippen LogP contribution is -2.40. The summed E-state index contributed by atoms with van der Waals surface area (Å²) in [6.07, 6.45) is -4.55. The predicted molar refractivity (Wildman–Crippen MR) is 82.6 cm³/mol. The molecular formula is C18H11F3N2O2. The summed E-state index contributed by atoms with van der Waals surface area (Å²) in [4.78, 5) is 25.1. The summed E-state index contributed by atoms with van der Waals surface area (Å²) in [6.45, 7) is 0. The van der Waals surface area contributed by atoms with E-state index >= 15 is 0 Å². The normalized spacial score (nSPS) is 19.2. The number of hydrogen-bond donors (Lipinski definition) is 1. The number of Topliss-reactive ketones (excluding diaryl/α,β-unsaturated/α-hetero) is 1. The summed E-state index contributed by atoms with van der Waals surface area (Å²) < 4.78 is 37.7. The Bertz CT molecular complexity index is 898. The van der Waals surface area contributed by atoms with Crippen molar-refractivity contribution in [1.29, 1.82) is 5.26 Å². The van der Waals surface area contributed by atoms with Crippen LogP contribution in [0.15, 0.2) is 48.5 Å². The van der Waals surface area contributed by atoms with Gasteiger partial charge in [-0.25, -0.2) is 0 Å². The van der Waals surface area contributed by atoms with Crippen molar-refractivity contribution in [3.63, 3.8) is 0 Å². The Morgan fingerprint density at radius 3 is 2.32 bits per heavy atom. The zero-order valence-corrected chi connectivity index (χ0v) is 12.7. The first kappa shape index (κ1) is 16.7. The molecule has 1 amide bonds. The molecule has 0 fully saturated rings. The fraction of sp³-hybridized carbons (Fsp3) is 0.167. The number of benzene rings is 2. The molecule has 0 radical (unpaired) electrons. The Morgan fingerprint density at radius 2 is 1.76 bits per heavy atom. The van der Waals surface area contributed by atoms with Crippen LogP contribution in [-0.2, 0) is 17.4 Å². The summed E-state index contributed by atoms with van der Waals surface area (Å²) >= 11 is 0. The molecule has 126 valence electrons. The van der Waals surface area contributed by atoms with Crippen LogP contribution in [0.1, 0.15) is 21.5 Å². The van der Waals surface area contributed by atoms with Crippen LogP contribution in [0.2, 0.25) is 0 Å². The molecule has 0 aromatic heterocycles. The van der Waals surface area contributed by atoms with Gasteiger partial charge in [-0.2, -0.15) is 18.4 Å². The molecular weight excluding hydrogens is 333 g/mol. The summed E-state index contributed by atoms with van der Waals surface area (Å²) in [5.74, 6) is -1.45. The molecule has 0 unspecified atom stereocenters. The van der Waals surface area contributed by atoms with E-state index in [2.05, 4.69) is 5.32 Å². The number of anilines is 1. The zero-order valence-electron chi connectivity index (χ0n) is 12.7. The lowest BCUT2D eigenvalue weighted by atomic mass is 9.84. The van der Waals surface area contributed by atoms with Crippen molar-refractivity contribution in [2.24, 2.45) is 5.41 Å². The molecule has 1 N–H and O–H groups in total. The molecule has 7 heteroatoms. The Hall–Kier alpha value is -3.14. The number of nitrogens with zero attached hydrogens (tertiary/aromatic N) is 1. The molecule has 2 aromatic rings. The number of carbonyl (C=O) groups excluding carboxylic acids is 2. The lowest BCUT2D eigenvalue weighted by molar-refractivity contribution is -0.137. The van der Waals surface area contributed by atoms with Gasteiger partial charge < -0.3 is 5.32 Å². The minimum atomic E-state index is -4.49. The van der Waals surface area contributed by atoms with Gasteiger partial charge in [0.1, 0.15) is 0 Å². The largest absolute Gasteiger partial charge is 0.416 e. The van der Waals surface area contributed by atoms with Crippen molar-refractivity contribution < 1.29 is 22.8 Å². The summed E-state index contributed by atoms with van der Waals surface area (Å²) in [7, 11) is 0. The SMILES string of the molecule is N#C[C@]1(C(=O)Nc2ccc(C(F)(F)F)cc2)Cc2ccccc2C1=O. The van der Waals surface area contributed by atoms with E-state index in [1.165, 1.54) is 0 Å². The van der Waals surface area contributed by atoms with Gasteiger partial charge in [-0.15, -0.1) is 0 Å². The molecule has 2 aromatic carbocycles. The number of rotatable bonds is 2. The number of ketones is 1. The molecule has 4 nitrogen and oxygen atoms in total. The van der Waals surface area contributed by atoms with Gasteiger partial charge in [0.25, 0.3) is 5.91 Å². The quantitative estimate of drug-likeness (QED) is 0.847. The smallest absolute Gasteiger partial charge is 0.324 e. The lowest BCUT2D eigenvalue weighted by Gasteiger charge is -2.18. The Labute approximate surface area is 140 Å². The van der Waals surface area contributed by atoms with Crippen LogP contribution in [-0.4, -0.2) is 11.7 Å². The highest BCUT2D eigenvalue weighted by atomic mass is 19.4. The average molecular weight is 344 g/mol. The topological polar surface area (TPSA) is 70.0 Å². The van der Waals surface area contributed by atoms with E-state index in [1.807, 2.05) is 0 Å². The molecule has 0 aliphatic heterocycles. The van der Waals surface area contributed by atoms with Crippen LogP contribution in [0.4, 0.5) is 18.9 Å². The van der Waals surface area contributed by atoms with Crippen LogP contribution in [0.25, 0.3) is 0 Å². The van der Waals surface area contributed by atoms with Gasteiger partial charge in [0.2, 0.25) is 5.41 Å². The van der Waals surface area contributed by atoms with Crippen molar-refractivity contribution >= 4 is 17.4 Å². The maximum absolute atomic E-state index is 12.6. The second-order valence-corrected chi connectivity index (χ2v) is 5.71. The molecule has 1 aliphatic rings. The number of carbonyl (C=O) groups is 2. The van der Waals surface area contributed by atoms with E-state index in [9.17, 15) is 28.0 Å². The zero-order chi connectivity index (χ0) is 18.2. The van der Waals surface area contributed by atoms with E-state index in [1.54, 1.807) is 30.3 Å². The van der Waals surface area contributed by atoms with Gasteiger partial charge in [-0.3, -0.25) is 9.59 Å². The fourth-order valence-corrected chi connectivity index (χ4v) is 2.80. The molecule has 0 heterocycles. The van der Waals surface area contributed by atoms with Gasteiger partial charge in [0.05, 0.1) is 11.6 Å². The highest BCUT2D eigenvalue weighted by Crippen LogP contribution is 2.37. The van der Waals surface area contributed by atoms with Gasteiger partial charge >= 0.3 is 6.18 Å². The van der Waals surface area contributed by atoms with Gasteiger partial charge in [0.15, 0.2) is 5.78 Å². The van der Waals surface area contributed by atoms with Gasteiger partial charge in [-0.1, -0.05) is 24.3 Å².